The zero-order chi connectivity index (χ0) is 7.56. The van der Waals surface area contributed by atoms with Crippen LogP contribution in [0.2, 0.25) is 0 Å². The first-order valence-electron chi connectivity index (χ1n) is 3.00. The van der Waals surface area contributed by atoms with E-state index in [4.69, 9.17) is 5.11 Å². The molecule has 1 rings (SSSR count). The van der Waals surface area contributed by atoms with E-state index in [1.54, 1.807) is 18.2 Å². The van der Waals surface area contributed by atoms with Gasteiger partial charge in [0.15, 0.2) is 0 Å². The van der Waals surface area contributed by atoms with E-state index >= 15 is 0 Å². The summed E-state index contributed by atoms with van der Waals surface area (Å²) in [5.41, 5.74) is 1.32. The van der Waals surface area contributed by atoms with Gasteiger partial charge in [-0.05, 0) is 19.1 Å². The van der Waals surface area contributed by atoms with Crippen LogP contribution in [0.5, 0.6) is 0 Å². The molecule has 0 amide bonds. The van der Waals surface area contributed by atoms with E-state index in [0.717, 1.165) is 5.56 Å². The maximum Gasteiger partial charge on any atom is 0.335 e. The number of aromatic carboxylic acids is 1. The van der Waals surface area contributed by atoms with Gasteiger partial charge < -0.3 is 5.11 Å². The van der Waals surface area contributed by atoms with Gasteiger partial charge in [0.2, 0.25) is 0 Å². The second-order valence-electron chi connectivity index (χ2n) is 2.17. The molecule has 0 spiro atoms. The van der Waals surface area contributed by atoms with Gasteiger partial charge in [-0.15, -0.1) is 0 Å². The van der Waals surface area contributed by atoms with Crippen LogP contribution in [0.3, 0.4) is 0 Å². The summed E-state index contributed by atoms with van der Waals surface area (Å²) in [5.74, 6) is -0.872. The normalized spacial score (nSPS) is 8.45. The monoisotopic (exact) mass is 205 g/mol. The molecule has 0 atom stereocenters. The topological polar surface area (TPSA) is 37.3 Å². The number of hydrogen-bond acceptors (Lipinski definition) is 1. The number of benzene rings is 1. The van der Waals surface area contributed by atoms with Gasteiger partial charge in [-0.25, -0.2) is 4.79 Å². The van der Waals surface area contributed by atoms with Gasteiger partial charge in [0, 0.05) is 19.8 Å². The molecule has 0 saturated heterocycles. The molecule has 0 unspecified atom stereocenters. The van der Waals surface area contributed by atoms with Crippen molar-refractivity contribution >= 4 is 25.8 Å². The van der Waals surface area contributed by atoms with E-state index in [9.17, 15) is 4.79 Å². The van der Waals surface area contributed by atoms with E-state index in [1.807, 2.05) is 13.0 Å². The number of hydrogen-bond donors (Lipinski definition) is 1. The Balaban J connectivity index is 0.000001000. The number of carboxylic acid groups (broad SMARTS) is 1. The molecular weight excluding hydrogens is 198 g/mol. The molecule has 0 aliphatic carbocycles. The third-order valence-corrected chi connectivity index (χ3v) is 1.27. The summed E-state index contributed by atoms with van der Waals surface area (Å²) < 4.78 is 0. The Kier molecular flexibility index (Phi) is 3.99. The molecule has 2 nitrogen and oxygen atoms in total. The first-order chi connectivity index (χ1) is 4.70. The average molecular weight is 206 g/mol. The Morgan fingerprint density at radius 2 is 2.09 bits per heavy atom. The van der Waals surface area contributed by atoms with Crippen LogP contribution < -0.4 is 0 Å². The largest absolute Gasteiger partial charge is 0.478 e. The van der Waals surface area contributed by atoms with Crippen LogP contribution in [0, 0.1) is 6.92 Å². The Bertz CT molecular complexity index is 258. The zero-order valence-electron chi connectivity index (χ0n) is 6.24. The second kappa shape index (κ2) is 4.26. The van der Waals surface area contributed by atoms with Crippen molar-refractivity contribution in [2.75, 3.05) is 0 Å². The molecule has 55 valence electrons. The number of carboxylic acids is 1. The molecule has 0 bridgehead atoms. The van der Waals surface area contributed by atoms with Crippen molar-refractivity contribution in [1.29, 1.82) is 0 Å². The van der Waals surface area contributed by atoms with Crippen LogP contribution in [0.25, 0.3) is 0 Å². The third kappa shape index (κ3) is 2.82. The summed E-state index contributed by atoms with van der Waals surface area (Å²) in [4.78, 5) is 10.4. The Hall–Kier alpha value is -0.674. The maximum atomic E-state index is 10.4. The van der Waals surface area contributed by atoms with Gasteiger partial charge in [-0.2, -0.15) is 0 Å². The maximum absolute atomic E-state index is 10.4. The van der Waals surface area contributed by atoms with Crippen LogP contribution in [0.4, 0.5) is 0 Å². The molecule has 0 saturated carbocycles. The van der Waals surface area contributed by atoms with Crippen molar-refractivity contribution in [1.82, 2.24) is 0 Å². The van der Waals surface area contributed by atoms with E-state index in [-0.39, 0.29) is 19.8 Å². The molecule has 3 radical (unpaired) electrons. The zero-order valence-corrected chi connectivity index (χ0v) is 8.66. The summed E-state index contributed by atoms with van der Waals surface area (Å²) >= 11 is 0. The predicted molar refractivity (Wildman–Crippen MR) is 43.9 cm³/mol. The molecule has 0 heterocycles. The minimum absolute atomic E-state index is 0. The number of aryl methyl sites for hydroxylation is 1. The minimum Gasteiger partial charge on any atom is -0.478 e. The molecule has 3 heteroatoms. The Morgan fingerprint density at radius 1 is 1.45 bits per heavy atom. The molecule has 0 aliphatic rings. The van der Waals surface area contributed by atoms with Crippen molar-refractivity contribution in [3.8, 4) is 0 Å². The summed E-state index contributed by atoms with van der Waals surface area (Å²) in [6, 6.07) is 6.82. The fourth-order valence-electron chi connectivity index (χ4n) is 0.778. The average Bonchev–Trinajstić information content (AvgIpc) is 1.88. The predicted octanol–water partition coefficient (Wildman–Crippen LogP) is 1.31. The molecule has 1 aromatic carbocycles. The van der Waals surface area contributed by atoms with Gasteiger partial charge in [0.25, 0.3) is 0 Å². The molecule has 0 fully saturated rings. The SMILES string of the molecule is Cc1cccc(C(=O)O)c1.[Ga]. The third-order valence-electron chi connectivity index (χ3n) is 1.27. The first kappa shape index (κ1) is 10.3. The van der Waals surface area contributed by atoms with Crippen molar-refractivity contribution in [3.05, 3.63) is 35.4 Å². The van der Waals surface area contributed by atoms with Gasteiger partial charge in [0.05, 0.1) is 5.56 Å². The van der Waals surface area contributed by atoms with Gasteiger partial charge in [0.1, 0.15) is 0 Å². The van der Waals surface area contributed by atoms with Crippen molar-refractivity contribution in [3.63, 3.8) is 0 Å². The molecule has 0 aliphatic heterocycles. The summed E-state index contributed by atoms with van der Waals surface area (Å²) in [6.45, 7) is 1.87. The van der Waals surface area contributed by atoms with Crippen LogP contribution in [0.15, 0.2) is 24.3 Å². The number of carbonyl (C=O) groups is 1. The summed E-state index contributed by atoms with van der Waals surface area (Å²) in [5, 5.41) is 8.51. The van der Waals surface area contributed by atoms with Crippen molar-refractivity contribution in [2.45, 2.75) is 6.92 Å². The Morgan fingerprint density at radius 3 is 2.45 bits per heavy atom. The van der Waals surface area contributed by atoms with Crippen LogP contribution >= 0.6 is 0 Å². The first-order valence-corrected chi connectivity index (χ1v) is 3.00. The van der Waals surface area contributed by atoms with Crippen LogP contribution in [-0.4, -0.2) is 30.9 Å². The van der Waals surface area contributed by atoms with Gasteiger partial charge in [-0.1, -0.05) is 17.7 Å². The van der Waals surface area contributed by atoms with E-state index < -0.39 is 5.97 Å². The van der Waals surface area contributed by atoms with Gasteiger partial charge in [-0.3, -0.25) is 0 Å². The van der Waals surface area contributed by atoms with E-state index in [1.165, 1.54) is 0 Å². The quantitative estimate of drug-likeness (QED) is 0.703. The van der Waals surface area contributed by atoms with Gasteiger partial charge >= 0.3 is 5.97 Å². The van der Waals surface area contributed by atoms with Crippen molar-refractivity contribution < 1.29 is 9.90 Å². The second-order valence-corrected chi connectivity index (χ2v) is 2.17. The molecular formula is C8H8GaO2. The fourth-order valence-corrected chi connectivity index (χ4v) is 0.778. The van der Waals surface area contributed by atoms with E-state index in [2.05, 4.69) is 0 Å². The van der Waals surface area contributed by atoms with E-state index in [0.29, 0.717) is 5.56 Å². The Labute approximate surface area is 78.3 Å². The molecule has 1 aromatic rings. The van der Waals surface area contributed by atoms with Crippen LogP contribution in [0.1, 0.15) is 15.9 Å². The number of rotatable bonds is 1. The minimum atomic E-state index is -0.872. The molecule has 1 N–H and O–H groups in total. The molecule has 0 aromatic heterocycles. The van der Waals surface area contributed by atoms with Crippen molar-refractivity contribution in [2.24, 2.45) is 0 Å². The summed E-state index contributed by atoms with van der Waals surface area (Å²) in [6.07, 6.45) is 0. The smallest absolute Gasteiger partial charge is 0.335 e. The molecule has 11 heavy (non-hydrogen) atoms. The fraction of sp³-hybridized carbons (Fsp3) is 0.125. The standard InChI is InChI=1S/C8H8O2.Ga/c1-6-3-2-4-7(5-6)8(9)10;/h2-5H,1H3,(H,9,10);. The summed E-state index contributed by atoms with van der Waals surface area (Å²) in [7, 11) is 0. The van der Waals surface area contributed by atoms with Crippen LogP contribution in [-0.2, 0) is 0 Å².